The second kappa shape index (κ2) is 7.38. The number of hydrogen-bond acceptors (Lipinski definition) is 1. The molecule has 3 aromatic carbocycles. The maximum Gasteiger partial charge on any atom is 0.0796 e. The van der Waals surface area contributed by atoms with Gasteiger partial charge in [-0.2, -0.15) is 0 Å². The van der Waals surface area contributed by atoms with Crippen molar-refractivity contribution in [1.29, 1.82) is 0 Å². The normalized spacial score (nSPS) is 20.3. The fourth-order valence-corrected chi connectivity index (χ4v) is 6.02. The van der Waals surface area contributed by atoms with Crippen molar-refractivity contribution in [1.82, 2.24) is 0 Å². The zero-order valence-electron chi connectivity index (χ0n) is 14.5. The molecule has 0 saturated carbocycles. The molecule has 1 aliphatic rings. The van der Waals surface area contributed by atoms with E-state index in [0.717, 1.165) is 30.6 Å². The summed E-state index contributed by atoms with van der Waals surface area (Å²) in [6, 6.07) is 26.4. The summed E-state index contributed by atoms with van der Waals surface area (Å²) in [6.45, 7) is 0. The van der Waals surface area contributed by atoms with Gasteiger partial charge in [0.25, 0.3) is 0 Å². The van der Waals surface area contributed by atoms with Crippen LogP contribution in [0.3, 0.4) is 0 Å². The molecule has 2 unspecified atom stereocenters. The summed E-state index contributed by atoms with van der Waals surface area (Å²) in [5.41, 5.74) is 3.80. The zero-order valence-corrected chi connectivity index (χ0v) is 16.1. The van der Waals surface area contributed by atoms with E-state index in [2.05, 4.69) is 48.5 Å². The van der Waals surface area contributed by atoms with Crippen LogP contribution in [-0.4, -0.2) is 4.21 Å². The molecule has 3 aromatic rings. The average Bonchev–Trinajstić information content (AvgIpc) is 2.69. The number of hydrogen-bond donors (Lipinski definition) is 0. The lowest BCUT2D eigenvalue weighted by atomic mass is 9.79. The number of rotatable bonds is 4. The van der Waals surface area contributed by atoms with Gasteiger partial charge >= 0.3 is 0 Å². The van der Waals surface area contributed by atoms with E-state index in [1.165, 1.54) is 16.7 Å². The predicted octanol–water partition coefficient (Wildman–Crippen LogP) is 5.92. The quantitative estimate of drug-likeness (QED) is 0.548. The predicted molar refractivity (Wildman–Crippen MR) is 109 cm³/mol. The third-order valence-electron chi connectivity index (χ3n) is 5.25. The third kappa shape index (κ3) is 3.24. The molecule has 0 spiro atoms. The molecular weight excluding hydrogens is 360 g/mol. The van der Waals surface area contributed by atoms with Crippen LogP contribution in [0.15, 0.2) is 83.8 Å². The molecule has 3 heteroatoms. The molecule has 0 amide bonds. The molecule has 1 nitrogen and oxygen atoms in total. The van der Waals surface area contributed by atoms with Gasteiger partial charge < -0.3 is 0 Å². The van der Waals surface area contributed by atoms with Crippen LogP contribution < -0.4 is 0 Å². The number of aryl methyl sites for hydroxylation is 1. The van der Waals surface area contributed by atoms with E-state index in [4.69, 9.17) is 11.6 Å². The maximum atomic E-state index is 13.9. The fourth-order valence-electron chi connectivity index (χ4n) is 4.03. The minimum atomic E-state index is -1.16. The van der Waals surface area contributed by atoms with Gasteiger partial charge in [-0.3, -0.25) is 4.21 Å². The highest BCUT2D eigenvalue weighted by atomic mass is 35.5. The van der Waals surface area contributed by atoms with E-state index in [-0.39, 0.29) is 0 Å². The zero-order chi connectivity index (χ0) is 18.0. The maximum absolute atomic E-state index is 13.9. The topological polar surface area (TPSA) is 17.1 Å². The van der Waals surface area contributed by atoms with E-state index >= 15 is 0 Å². The van der Waals surface area contributed by atoms with Crippen molar-refractivity contribution in [3.8, 4) is 0 Å². The first-order valence-corrected chi connectivity index (χ1v) is 10.5. The van der Waals surface area contributed by atoms with E-state index in [1.54, 1.807) is 0 Å². The van der Waals surface area contributed by atoms with Crippen LogP contribution in [0.5, 0.6) is 0 Å². The van der Waals surface area contributed by atoms with Gasteiger partial charge in [0.05, 0.1) is 15.5 Å². The van der Waals surface area contributed by atoms with Gasteiger partial charge in [-0.05, 0) is 66.6 Å². The molecule has 0 N–H and O–H groups in total. The lowest BCUT2D eigenvalue weighted by molar-refractivity contribution is 0.483. The molecule has 0 aliphatic heterocycles. The van der Waals surface area contributed by atoms with Crippen LogP contribution in [0.1, 0.15) is 29.5 Å². The Morgan fingerprint density at radius 2 is 1.58 bits per heavy atom. The molecule has 0 radical (unpaired) electrons. The monoisotopic (exact) mass is 380 g/mol. The van der Waals surface area contributed by atoms with Crippen molar-refractivity contribution in [2.24, 2.45) is 0 Å². The molecule has 132 valence electrons. The summed E-state index contributed by atoms with van der Waals surface area (Å²) in [6.07, 6.45) is 3.82. The Bertz CT molecular complexity index is 920. The molecule has 2 atom stereocenters. The van der Waals surface area contributed by atoms with Crippen LogP contribution in [-0.2, 0) is 28.4 Å². The Labute approximate surface area is 162 Å². The minimum absolute atomic E-state index is 0.399. The molecule has 0 heterocycles. The molecule has 26 heavy (non-hydrogen) atoms. The third-order valence-corrected chi connectivity index (χ3v) is 7.48. The van der Waals surface area contributed by atoms with Crippen LogP contribution in [0.4, 0.5) is 0 Å². The molecular formula is C23H21ClOS. The molecule has 0 saturated heterocycles. The SMILES string of the molecule is O=S(c1ccc(Cl)cc1)C1(Cc2ccccc2)CCCc2ccccc21. The summed E-state index contributed by atoms with van der Waals surface area (Å²) < 4.78 is 13.5. The van der Waals surface area contributed by atoms with Gasteiger partial charge in [0.1, 0.15) is 0 Å². The van der Waals surface area contributed by atoms with Crippen LogP contribution in [0.2, 0.25) is 5.02 Å². The smallest absolute Gasteiger partial charge is 0.0796 e. The van der Waals surface area contributed by atoms with Gasteiger partial charge in [-0.1, -0.05) is 66.2 Å². The largest absolute Gasteiger partial charge is 0.253 e. The Hall–Kier alpha value is -1.90. The summed E-state index contributed by atoms with van der Waals surface area (Å²) in [5.74, 6) is 0. The van der Waals surface area contributed by atoms with E-state index in [0.29, 0.717) is 5.02 Å². The summed E-state index contributed by atoms with van der Waals surface area (Å²) >= 11 is 6.05. The summed E-state index contributed by atoms with van der Waals surface area (Å²) in [4.78, 5) is 0.849. The Morgan fingerprint density at radius 1 is 0.885 bits per heavy atom. The molecule has 4 rings (SSSR count). The number of halogens is 1. The first-order chi connectivity index (χ1) is 12.7. The molecule has 0 fully saturated rings. The van der Waals surface area contributed by atoms with Crippen LogP contribution in [0.25, 0.3) is 0 Å². The molecule has 0 aromatic heterocycles. The Morgan fingerprint density at radius 3 is 2.35 bits per heavy atom. The van der Waals surface area contributed by atoms with Crippen molar-refractivity contribution in [3.63, 3.8) is 0 Å². The Balaban J connectivity index is 1.85. The number of fused-ring (bicyclic) bond motifs is 1. The van der Waals surface area contributed by atoms with Crippen molar-refractivity contribution in [2.75, 3.05) is 0 Å². The van der Waals surface area contributed by atoms with E-state index < -0.39 is 15.5 Å². The second-order valence-corrected chi connectivity index (χ2v) is 9.12. The standard InChI is InChI=1S/C23H21ClOS/c24-20-12-14-21(15-13-20)26(25)23(17-18-7-2-1-3-8-18)16-6-10-19-9-4-5-11-22(19)23/h1-5,7-9,11-15H,6,10,16-17H2. The number of benzene rings is 3. The highest BCUT2D eigenvalue weighted by Crippen LogP contribution is 2.45. The minimum Gasteiger partial charge on any atom is -0.253 e. The van der Waals surface area contributed by atoms with E-state index in [9.17, 15) is 4.21 Å². The van der Waals surface area contributed by atoms with Crippen LogP contribution >= 0.6 is 11.6 Å². The van der Waals surface area contributed by atoms with Crippen molar-refractivity contribution in [2.45, 2.75) is 35.3 Å². The molecule has 1 aliphatic carbocycles. The average molecular weight is 381 g/mol. The molecule has 0 bridgehead atoms. The summed E-state index contributed by atoms with van der Waals surface area (Å²) in [7, 11) is -1.16. The first kappa shape index (κ1) is 17.5. The first-order valence-electron chi connectivity index (χ1n) is 8.99. The summed E-state index contributed by atoms with van der Waals surface area (Å²) in [5, 5.41) is 0.673. The second-order valence-electron chi connectivity index (χ2n) is 6.89. The van der Waals surface area contributed by atoms with Gasteiger partial charge in [0.15, 0.2) is 0 Å². The van der Waals surface area contributed by atoms with E-state index in [1.807, 2.05) is 30.3 Å². The lowest BCUT2D eigenvalue weighted by Crippen LogP contribution is -2.37. The van der Waals surface area contributed by atoms with Gasteiger partial charge in [0.2, 0.25) is 0 Å². The van der Waals surface area contributed by atoms with Crippen LogP contribution in [0, 0.1) is 0 Å². The lowest BCUT2D eigenvalue weighted by Gasteiger charge is -2.38. The Kier molecular flexibility index (Phi) is 4.97. The van der Waals surface area contributed by atoms with Crippen molar-refractivity contribution < 1.29 is 4.21 Å². The highest BCUT2D eigenvalue weighted by molar-refractivity contribution is 7.86. The van der Waals surface area contributed by atoms with Crippen molar-refractivity contribution in [3.05, 3.63) is 101 Å². The van der Waals surface area contributed by atoms with Gasteiger partial charge in [-0.25, -0.2) is 0 Å². The van der Waals surface area contributed by atoms with Gasteiger partial charge in [-0.15, -0.1) is 0 Å². The van der Waals surface area contributed by atoms with Gasteiger partial charge in [0, 0.05) is 9.92 Å². The fraction of sp³-hybridized carbons (Fsp3) is 0.217. The highest BCUT2D eigenvalue weighted by Gasteiger charge is 2.42. The van der Waals surface area contributed by atoms with Crippen molar-refractivity contribution >= 4 is 22.4 Å².